The minimum atomic E-state index is -4.36. The van der Waals surface area contributed by atoms with Crippen LogP contribution in [-0.2, 0) is 15.7 Å². The quantitative estimate of drug-likeness (QED) is 0.257. The van der Waals surface area contributed by atoms with E-state index in [0.717, 1.165) is 25.0 Å². The molecular weight excluding hydrogens is 486 g/mol. The predicted octanol–water partition coefficient (Wildman–Crippen LogP) is 4.09. The molecule has 1 aromatic carbocycles. The first-order chi connectivity index (χ1) is 13.0. The fraction of sp³-hybridized carbons (Fsp3) is 0.632. The lowest BCUT2D eigenvalue weighted by atomic mass is 10.0. The summed E-state index contributed by atoms with van der Waals surface area (Å²) in [5, 5.41) is 3.25. The first-order valence-corrected chi connectivity index (χ1v) is 9.35. The van der Waals surface area contributed by atoms with Gasteiger partial charge in [0.05, 0.1) is 18.7 Å². The summed E-state index contributed by atoms with van der Waals surface area (Å²) in [4.78, 5) is 6.65. The lowest BCUT2D eigenvalue weighted by molar-refractivity contribution is -0.137. The Balaban J connectivity index is 0.00000392. The van der Waals surface area contributed by atoms with Gasteiger partial charge in [-0.1, -0.05) is 12.1 Å². The van der Waals surface area contributed by atoms with Gasteiger partial charge in [-0.05, 0) is 38.0 Å². The smallest absolute Gasteiger partial charge is 0.382 e. The molecule has 0 amide bonds. The van der Waals surface area contributed by atoms with Crippen molar-refractivity contribution in [3.8, 4) is 0 Å². The van der Waals surface area contributed by atoms with Crippen LogP contribution in [0, 0.1) is 0 Å². The minimum absolute atomic E-state index is 0. The third-order valence-electron chi connectivity index (χ3n) is 4.20. The molecule has 5 nitrogen and oxygen atoms in total. The molecule has 1 aromatic rings. The molecule has 0 radical (unpaired) electrons. The summed E-state index contributed by atoms with van der Waals surface area (Å²) in [6.45, 7) is 8.18. The zero-order valence-electron chi connectivity index (χ0n) is 16.3. The highest BCUT2D eigenvalue weighted by molar-refractivity contribution is 14.0. The standard InChI is InChI=1S/C19H28F3N3O2.HI/c1-3-23-18(24-9-6-11-26-4-2)25-10-12-27-17(14-25)15-7-5-8-16(13-15)19(20,21)22;/h5,7-8,13,17H,3-4,6,9-12,14H2,1-2H3,(H,23,24);1H. The number of hydrogen-bond acceptors (Lipinski definition) is 3. The van der Waals surface area contributed by atoms with Crippen molar-refractivity contribution >= 4 is 29.9 Å². The zero-order chi connectivity index (χ0) is 19.7. The number of hydrogen-bond donors (Lipinski definition) is 1. The Kier molecular flexibility index (Phi) is 11.1. The molecule has 0 aliphatic carbocycles. The second-order valence-corrected chi connectivity index (χ2v) is 6.21. The average Bonchev–Trinajstić information content (AvgIpc) is 2.66. The van der Waals surface area contributed by atoms with Crippen molar-refractivity contribution in [1.82, 2.24) is 10.2 Å². The van der Waals surface area contributed by atoms with Crippen LogP contribution in [0.5, 0.6) is 0 Å². The predicted molar refractivity (Wildman–Crippen MR) is 114 cm³/mol. The summed E-state index contributed by atoms with van der Waals surface area (Å²) >= 11 is 0. The lowest BCUT2D eigenvalue weighted by Gasteiger charge is -2.35. The summed E-state index contributed by atoms with van der Waals surface area (Å²) in [5.41, 5.74) is -0.126. The molecule has 0 saturated carbocycles. The third-order valence-corrected chi connectivity index (χ3v) is 4.20. The molecular formula is C19H29F3IN3O2. The number of nitrogens with zero attached hydrogens (tertiary/aromatic N) is 2. The van der Waals surface area contributed by atoms with Gasteiger partial charge in [0.25, 0.3) is 0 Å². The van der Waals surface area contributed by atoms with E-state index in [0.29, 0.717) is 45.0 Å². The molecule has 1 unspecified atom stereocenters. The number of alkyl halides is 3. The van der Waals surface area contributed by atoms with Crippen molar-refractivity contribution in [2.75, 3.05) is 46.0 Å². The van der Waals surface area contributed by atoms with Crippen LogP contribution in [0.3, 0.4) is 0 Å². The first-order valence-electron chi connectivity index (χ1n) is 9.35. The van der Waals surface area contributed by atoms with Gasteiger partial charge >= 0.3 is 6.18 Å². The Morgan fingerprint density at radius 3 is 2.82 bits per heavy atom. The molecule has 0 spiro atoms. The maximum Gasteiger partial charge on any atom is 0.416 e. The van der Waals surface area contributed by atoms with Gasteiger partial charge in [-0.15, -0.1) is 24.0 Å². The van der Waals surface area contributed by atoms with E-state index >= 15 is 0 Å². The van der Waals surface area contributed by atoms with E-state index in [-0.39, 0.29) is 24.0 Å². The highest BCUT2D eigenvalue weighted by Crippen LogP contribution is 2.32. The van der Waals surface area contributed by atoms with Gasteiger partial charge in [-0.3, -0.25) is 4.99 Å². The molecule has 1 fully saturated rings. The summed E-state index contributed by atoms with van der Waals surface area (Å²) in [5.74, 6) is 0.759. The molecule has 1 N–H and O–H groups in total. The molecule has 160 valence electrons. The van der Waals surface area contributed by atoms with Crippen LogP contribution in [-0.4, -0.2) is 56.9 Å². The summed E-state index contributed by atoms with van der Waals surface area (Å²) in [7, 11) is 0. The van der Waals surface area contributed by atoms with Crippen LogP contribution in [0.15, 0.2) is 29.3 Å². The van der Waals surface area contributed by atoms with Crippen LogP contribution < -0.4 is 5.32 Å². The summed E-state index contributed by atoms with van der Waals surface area (Å²) in [6.07, 6.45) is -3.96. The molecule has 2 rings (SSSR count). The lowest BCUT2D eigenvalue weighted by Crippen LogP contribution is -2.48. The van der Waals surface area contributed by atoms with Crippen LogP contribution in [0.2, 0.25) is 0 Å². The fourth-order valence-electron chi connectivity index (χ4n) is 2.88. The molecule has 1 aliphatic heterocycles. The van der Waals surface area contributed by atoms with Crippen LogP contribution >= 0.6 is 24.0 Å². The van der Waals surface area contributed by atoms with E-state index in [9.17, 15) is 13.2 Å². The number of aliphatic imine (C=N–C) groups is 1. The number of nitrogens with one attached hydrogen (secondary N) is 1. The molecule has 1 heterocycles. The molecule has 0 aromatic heterocycles. The van der Waals surface area contributed by atoms with Gasteiger partial charge in [0.15, 0.2) is 5.96 Å². The van der Waals surface area contributed by atoms with E-state index in [2.05, 4.69) is 10.3 Å². The van der Waals surface area contributed by atoms with Gasteiger partial charge in [-0.25, -0.2) is 0 Å². The summed E-state index contributed by atoms with van der Waals surface area (Å²) < 4.78 is 50.0. The van der Waals surface area contributed by atoms with Crippen molar-refractivity contribution in [2.45, 2.75) is 32.5 Å². The van der Waals surface area contributed by atoms with Crippen molar-refractivity contribution in [3.05, 3.63) is 35.4 Å². The molecule has 28 heavy (non-hydrogen) atoms. The van der Waals surface area contributed by atoms with E-state index in [4.69, 9.17) is 9.47 Å². The molecule has 0 bridgehead atoms. The number of halogens is 4. The fourth-order valence-corrected chi connectivity index (χ4v) is 2.88. The second-order valence-electron chi connectivity index (χ2n) is 6.21. The first kappa shape index (κ1) is 25.0. The maximum atomic E-state index is 13.0. The zero-order valence-corrected chi connectivity index (χ0v) is 18.6. The Morgan fingerprint density at radius 1 is 1.36 bits per heavy atom. The Morgan fingerprint density at radius 2 is 2.14 bits per heavy atom. The maximum absolute atomic E-state index is 13.0. The highest BCUT2D eigenvalue weighted by atomic mass is 127. The van der Waals surface area contributed by atoms with Gasteiger partial charge in [0.2, 0.25) is 0 Å². The molecule has 1 aliphatic rings. The number of morpholine rings is 1. The Bertz CT molecular complexity index is 614. The van der Waals surface area contributed by atoms with E-state index in [1.165, 1.54) is 12.1 Å². The second kappa shape index (κ2) is 12.5. The highest BCUT2D eigenvalue weighted by Gasteiger charge is 2.32. The van der Waals surface area contributed by atoms with Crippen LogP contribution in [0.25, 0.3) is 0 Å². The van der Waals surface area contributed by atoms with E-state index in [1.807, 2.05) is 18.7 Å². The Hall–Kier alpha value is -1.07. The number of ether oxygens (including phenoxy) is 2. The molecule has 1 atom stereocenters. The van der Waals surface area contributed by atoms with E-state index < -0.39 is 17.8 Å². The van der Waals surface area contributed by atoms with Crippen LogP contribution in [0.4, 0.5) is 13.2 Å². The van der Waals surface area contributed by atoms with Crippen molar-refractivity contribution in [3.63, 3.8) is 0 Å². The van der Waals surface area contributed by atoms with E-state index in [1.54, 1.807) is 6.07 Å². The van der Waals surface area contributed by atoms with Crippen LogP contribution in [0.1, 0.15) is 37.5 Å². The van der Waals surface area contributed by atoms with Crippen molar-refractivity contribution < 1.29 is 22.6 Å². The molecule has 1 saturated heterocycles. The molecule has 9 heteroatoms. The largest absolute Gasteiger partial charge is 0.416 e. The SMILES string of the molecule is CCNC(=NCCCOCC)N1CCOC(c2cccc(C(F)(F)F)c2)C1.I. The summed E-state index contributed by atoms with van der Waals surface area (Å²) in [6, 6.07) is 5.34. The third kappa shape index (κ3) is 7.75. The topological polar surface area (TPSA) is 46.1 Å². The van der Waals surface area contributed by atoms with Crippen molar-refractivity contribution in [2.24, 2.45) is 4.99 Å². The van der Waals surface area contributed by atoms with Gasteiger partial charge < -0.3 is 19.7 Å². The minimum Gasteiger partial charge on any atom is -0.382 e. The normalized spacial score (nSPS) is 18.0. The van der Waals surface area contributed by atoms with Gasteiger partial charge in [0, 0.05) is 32.8 Å². The average molecular weight is 515 g/mol. The monoisotopic (exact) mass is 515 g/mol. The Labute approximate surface area is 181 Å². The number of benzene rings is 1. The number of guanidine groups is 1. The van der Waals surface area contributed by atoms with Crippen molar-refractivity contribution in [1.29, 1.82) is 0 Å². The van der Waals surface area contributed by atoms with Gasteiger partial charge in [-0.2, -0.15) is 13.2 Å². The number of rotatable bonds is 7. The van der Waals surface area contributed by atoms with Gasteiger partial charge in [0.1, 0.15) is 6.10 Å².